The van der Waals surface area contributed by atoms with Crippen LogP contribution in [0.1, 0.15) is 56.9 Å². The molecule has 0 unspecified atom stereocenters. The van der Waals surface area contributed by atoms with E-state index in [1.807, 2.05) is 18.2 Å². The molecule has 1 aromatic rings. The Morgan fingerprint density at radius 3 is 2.48 bits per heavy atom. The van der Waals surface area contributed by atoms with Crippen molar-refractivity contribution in [2.24, 2.45) is 17.6 Å². The van der Waals surface area contributed by atoms with Crippen molar-refractivity contribution in [3.8, 4) is 0 Å². The normalized spacial score (nSPS) is 32.8. The van der Waals surface area contributed by atoms with Gasteiger partial charge in [0.25, 0.3) is 0 Å². The summed E-state index contributed by atoms with van der Waals surface area (Å²) in [6, 6.07) is 6.72. The number of para-hydroxylation sites is 1. The van der Waals surface area contributed by atoms with Gasteiger partial charge in [-0.05, 0) is 25.3 Å². The zero-order chi connectivity index (χ0) is 21.8. The molecule has 1 aliphatic carbocycles. The highest BCUT2D eigenvalue weighted by atomic mass is 16.2. The van der Waals surface area contributed by atoms with Gasteiger partial charge in [-0.3, -0.25) is 29.4 Å². The first-order valence-electron chi connectivity index (χ1n) is 11.3. The monoisotopic (exact) mass is 424 g/mol. The first-order chi connectivity index (χ1) is 14.9. The van der Waals surface area contributed by atoms with E-state index < -0.39 is 29.3 Å². The molecule has 164 valence electrons. The Bertz CT molecular complexity index is 955. The summed E-state index contributed by atoms with van der Waals surface area (Å²) in [4.78, 5) is 53.7. The molecule has 1 saturated carbocycles. The zero-order valence-corrected chi connectivity index (χ0v) is 17.4. The van der Waals surface area contributed by atoms with Gasteiger partial charge < -0.3 is 11.1 Å². The van der Waals surface area contributed by atoms with Gasteiger partial charge in [0.2, 0.25) is 23.6 Å². The smallest absolute Gasteiger partial charge is 0.250 e. The average Bonchev–Trinajstić information content (AvgIpc) is 3.21. The number of nitrogens with two attached hydrogens (primary N) is 1. The molecule has 3 fully saturated rings. The molecule has 3 aliphatic heterocycles. The lowest BCUT2D eigenvalue weighted by atomic mass is 9.76. The van der Waals surface area contributed by atoms with E-state index in [9.17, 15) is 19.2 Å². The minimum absolute atomic E-state index is 0.0884. The van der Waals surface area contributed by atoms with Gasteiger partial charge in [-0.25, -0.2) is 0 Å². The standard InChI is InChI=1S/C23H28N4O4/c24-17(28)12-11-16-18-19(21(30)27(20(18)29)13-7-3-1-2-4-8-13)23(26-16)14-9-5-6-10-15(14)25-22(23)31/h5-6,9-10,13,16,18-19,26H,1-4,7-8,11-12H2,(H2,24,28)(H,25,31)/t16-,18-,19+,23+/m1/s1. The molecule has 3 heterocycles. The number of primary amides is 1. The Kier molecular flexibility index (Phi) is 4.84. The number of imide groups is 1. The predicted octanol–water partition coefficient (Wildman–Crippen LogP) is 1.40. The molecule has 0 aromatic heterocycles. The Morgan fingerprint density at radius 2 is 1.77 bits per heavy atom. The van der Waals surface area contributed by atoms with Crippen LogP contribution in [0.15, 0.2) is 24.3 Å². The maximum atomic E-state index is 13.8. The first kappa shape index (κ1) is 20.2. The Balaban J connectivity index is 1.58. The van der Waals surface area contributed by atoms with Gasteiger partial charge in [-0.2, -0.15) is 0 Å². The molecule has 1 aromatic carbocycles. The second-order valence-electron chi connectivity index (χ2n) is 9.26. The summed E-state index contributed by atoms with van der Waals surface area (Å²) in [7, 11) is 0. The zero-order valence-electron chi connectivity index (χ0n) is 17.4. The van der Waals surface area contributed by atoms with E-state index >= 15 is 0 Å². The summed E-state index contributed by atoms with van der Waals surface area (Å²) in [6.07, 6.45) is 6.24. The molecule has 8 heteroatoms. The number of fused-ring (bicyclic) bond motifs is 4. The topological polar surface area (TPSA) is 122 Å². The molecule has 8 nitrogen and oxygen atoms in total. The number of anilines is 1. The highest BCUT2D eigenvalue weighted by Gasteiger charge is 2.70. The largest absolute Gasteiger partial charge is 0.370 e. The summed E-state index contributed by atoms with van der Waals surface area (Å²) in [6.45, 7) is 0. The third-order valence-corrected chi connectivity index (χ3v) is 7.55. The van der Waals surface area contributed by atoms with Gasteiger partial charge in [-0.15, -0.1) is 0 Å². The molecule has 5 rings (SSSR count). The molecule has 31 heavy (non-hydrogen) atoms. The minimum atomic E-state index is -1.30. The van der Waals surface area contributed by atoms with Crippen LogP contribution in [0.4, 0.5) is 5.69 Å². The summed E-state index contributed by atoms with van der Waals surface area (Å²) in [5.41, 5.74) is 5.43. The van der Waals surface area contributed by atoms with E-state index in [1.165, 1.54) is 4.90 Å². The van der Waals surface area contributed by atoms with Crippen LogP contribution in [0.25, 0.3) is 0 Å². The van der Waals surface area contributed by atoms with E-state index in [2.05, 4.69) is 10.6 Å². The van der Waals surface area contributed by atoms with Gasteiger partial charge in [-0.1, -0.05) is 43.9 Å². The summed E-state index contributed by atoms with van der Waals surface area (Å²) in [5, 5.41) is 6.23. The van der Waals surface area contributed by atoms with Gasteiger partial charge in [0, 0.05) is 29.8 Å². The lowest BCUT2D eigenvalue weighted by Crippen LogP contribution is -2.54. The van der Waals surface area contributed by atoms with E-state index in [-0.39, 0.29) is 30.2 Å². The average molecular weight is 425 g/mol. The Morgan fingerprint density at radius 1 is 1.06 bits per heavy atom. The van der Waals surface area contributed by atoms with Crippen molar-refractivity contribution in [1.29, 1.82) is 0 Å². The molecule has 2 saturated heterocycles. The van der Waals surface area contributed by atoms with Crippen LogP contribution in [0.2, 0.25) is 0 Å². The van der Waals surface area contributed by atoms with Crippen LogP contribution in [-0.4, -0.2) is 40.6 Å². The van der Waals surface area contributed by atoms with Crippen molar-refractivity contribution in [3.63, 3.8) is 0 Å². The lowest BCUT2D eigenvalue weighted by Gasteiger charge is -2.32. The Hall–Kier alpha value is -2.74. The van der Waals surface area contributed by atoms with E-state index in [0.29, 0.717) is 17.7 Å². The second kappa shape index (κ2) is 7.44. The highest BCUT2D eigenvalue weighted by molar-refractivity contribution is 6.15. The fourth-order valence-electron chi connectivity index (χ4n) is 6.20. The van der Waals surface area contributed by atoms with Crippen LogP contribution >= 0.6 is 0 Å². The fraction of sp³-hybridized carbons (Fsp3) is 0.565. The van der Waals surface area contributed by atoms with E-state index in [0.717, 1.165) is 38.5 Å². The van der Waals surface area contributed by atoms with Crippen molar-refractivity contribution in [2.75, 3.05) is 5.32 Å². The Labute approximate surface area is 180 Å². The predicted molar refractivity (Wildman–Crippen MR) is 112 cm³/mol. The highest BCUT2D eigenvalue weighted by Crippen LogP contribution is 2.54. The maximum absolute atomic E-state index is 13.8. The number of nitrogens with one attached hydrogen (secondary N) is 2. The molecular formula is C23H28N4O4. The van der Waals surface area contributed by atoms with Crippen molar-refractivity contribution in [1.82, 2.24) is 10.2 Å². The fourth-order valence-corrected chi connectivity index (χ4v) is 6.20. The third kappa shape index (κ3) is 2.91. The van der Waals surface area contributed by atoms with Crippen LogP contribution in [0.3, 0.4) is 0 Å². The number of likely N-dealkylation sites (tertiary alicyclic amines) is 1. The van der Waals surface area contributed by atoms with Crippen molar-refractivity contribution in [2.45, 2.75) is 69.0 Å². The lowest BCUT2D eigenvalue weighted by molar-refractivity contribution is -0.145. The molecule has 0 bridgehead atoms. The van der Waals surface area contributed by atoms with E-state index in [1.54, 1.807) is 6.07 Å². The van der Waals surface area contributed by atoms with Crippen molar-refractivity contribution >= 4 is 29.3 Å². The van der Waals surface area contributed by atoms with Gasteiger partial charge in [0.15, 0.2) is 0 Å². The number of hydrogen-bond donors (Lipinski definition) is 3. The number of hydrogen-bond acceptors (Lipinski definition) is 5. The molecule has 4 N–H and O–H groups in total. The number of nitrogens with zero attached hydrogens (tertiary/aromatic N) is 1. The molecule has 1 spiro atoms. The molecule has 4 amide bonds. The van der Waals surface area contributed by atoms with Gasteiger partial charge in [0.1, 0.15) is 5.54 Å². The quantitative estimate of drug-likeness (QED) is 0.498. The van der Waals surface area contributed by atoms with Crippen LogP contribution in [0.5, 0.6) is 0 Å². The van der Waals surface area contributed by atoms with Crippen LogP contribution in [0, 0.1) is 11.8 Å². The number of carbonyl (C=O) groups excluding carboxylic acids is 4. The molecule has 4 aliphatic rings. The third-order valence-electron chi connectivity index (χ3n) is 7.55. The number of amides is 4. The van der Waals surface area contributed by atoms with Crippen LogP contribution < -0.4 is 16.4 Å². The maximum Gasteiger partial charge on any atom is 0.250 e. The first-order valence-corrected chi connectivity index (χ1v) is 11.3. The van der Waals surface area contributed by atoms with Gasteiger partial charge in [0.05, 0.1) is 11.8 Å². The summed E-state index contributed by atoms with van der Waals surface area (Å²) in [5.74, 6) is -2.74. The number of benzene rings is 1. The van der Waals surface area contributed by atoms with Crippen molar-refractivity contribution < 1.29 is 19.2 Å². The number of carbonyl (C=O) groups is 4. The molecule has 0 radical (unpaired) electrons. The number of rotatable bonds is 4. The van der Waals surface area contributed by atoms with E-state index in [4.69, 9.17) is 5.73 Å². The minimum Gasteiger partial charge on any atom is -0.370 e. The summed E-state index contributed by atoms with van der Waals surface area (Å²) >= 11 is 0. The SMILES string of the molecule is NC(=O)CC[C@H]1N[C@]2(C(=O)Nc3ccccc32)[C@@H]2C(=O)N(C3CCCCCC3)C(=O)[C@@H]21. The van der Waals surface area contributed by atoms with Crippen LogP contribution in [-0.2, 0) is 24.7 Å². The summed E-state index contributed by atoms with van der Waals surface area (Å²) < 4.78 is 0. The second-order valence-corrected chi connectivity index (χ2v) is 9.26. The molecule has 4 atom stereocenters. The van der Waals surface area contributed by atoms with Crippen molar-refractivity contribution in [3.05, 3.63) is 29.8 Å². The molecular weight excluding hydrogens is 396 g/mol. The van der Waals surface area contributed by atoms with Gasteiger partial charge >= 0.3 is 0 Å².